The van der Waals surface area contributed by atoms with Crippen LogP contribution >= 0.6 is 0 Å². The van der Waals surface area contributed by atoms with Gasteiger partial charge in [-0.1, -0.05) is 24.3 Å². The first-order valence-electron chi connectivity index (χ1n) is 7.75. The fourth-order valence-electron chi connectivity index (χ4n) is 2.75. The van der Waals surface area contributed by atoms with E-state index in [9.17, 15) is 9.50 Å². The quantitative estimate of drug-likeness (QED) is 0.595. The molecule has 0 aliphatic carbocycles. The van der Waals surface area contributed by atoms with E-state index in [1.54, 1.807) is 25.3 Å². The number of hydrogen-bond donors (Lipinski definition) is 3. The summed E-state index contributed by atoms with van der Waals surface area (Å²) in [6.45, 7) is 0. The summed E-state index contributed by atoms with van der Waals surface area (Å²) in [5, 5.41) is 19.0. The molecule has 0 bridgehead atoms. The fraction of sp³-hybridized carbons (Fsp3) is 0.100. The van der Waals surface area contributed by atoms with Crippen LogP contribution in [-0.2, 0) is 6.42 Å². The van der Waals surface area contributed by atoms with Gasteiger partial charge < -0.3 is 9.84 Å². The molecule has 0 spiro atoms. The van der Waals surface area contributed by atoms with Crippen LogP contribution in [0.4, 0.5) is 10.1 Å². The van der Waals surface area contributed by atoms with Gasteiger partial charge in [-0.25, -0.2) is 4.39 Å². The van der Waals surface area contributed by atoms with Gasteiger partial charge in [0.1, 0.15) is 17.3 Å². The SMILES string of the molecule is COc1ccc(Cc2ccc(F)cc2O)cc1-c1cccc(NO)c1. The zero-order chi connectivity index (χ0) is 17.8. The molecular weight excluding hydrogens is 321 g/mol. The van der Waals surface area contributed by atoms with Gasteiger partial charge in [0.15, 0.2) is 0 Å². The first-order valence-corrected chi connectivity index (χ1v) is 7.75. The van der Waals surface area contributed by atoms with Crippen LogP contribution in [0.25, 0.3) is 11.1 Å². The third-order valence-corrected chi connectivity index (χ3v) is 4.01. The number of phenolic OH excluding ortho intramolecular Hbond substituents is 1. The molecule has 5 heteroatoms. The van der Waals surface area contributed by atoms with Crippen LogP contribution in [0.5, 0.6) is 11.5 Å². The van der Waals surface area contributed by atoms with Gasteiger partial charge in [0.2, 0.25) is 0 Å². The number of ether oxygens (including phenoxy) is 1. The molecule has 4 nitrogen and oxygen atoms in total. The van der Waals surface area contributed by atoms with Crippen molar-refractivity contribution in [1.82, 2.24) is 0 Å². The van der Waals surface area contributed by atoms with E-state index in [1.807, 2.05) is 30.3 Å². The van der Waals surface area contributed by atoms with Gasteiger partial charge >= 0.3 is 0 Å². The number of benzene rings is 3. The Hall–Kier alpha value is -3.05. The van der Waals surface area contributed by atoms with Crippen LogP contribution in [0.3, 0.4) is 0 Å². The molecule has 0 amide bonds. The molecule has 0 aliphatic heterocycles. The Morgan fingerprint density at radius 1 is 1.04 bits per heavy atom. The number of rotatable bonds is 5. The smallest absolute Gasteiger partial charge is 0.126 e. The Morgan fingerprint density at radius 2 is 1.88 bits per heavy atom. The number of phenols is 1. The summed E-state index contributed by atoms with van der Waals surface area (Å²) in [6, 6.07) is 17.0. The molecule has 3 N–H and O–H groups in total. The molecule has 128 valence electrons. The molecule has 0 unspecified atom stereocenters. The van der Waals surface area contributed by atoms with Crippen molar-refractivity contribution < 1.29 is 19.4 Å². The highest BCUT2D eigenvalue weighted by molar-refractivity contribution is 5.74. The van der Waals surface area contributed by atoms with Crippen molar-refractivity contribution >= 4 is 5.69 Å². The highest BCUT2D eigenvalue weighted by atomic mass is 19.1. The van der Waals surface area contributed by atoms with E-state index in [2.05, 4.69) is 5.48 Å². The maximum atomic E-state index is 13.1. The summed E-state index contributed by atoms with van der Waals surface area (Å²) in [5.41, 5.74) is 6.03. The molecule has 0 saturated carbocycles. The molecule has 3 aromatic carbocycles. The lowest BCUT2D eigenvalue weighted by Crippen LogP contribution is -1.94. The van der Waals surface area contributed by atoms with E-state index in [4.69, 9.17) is 9.94 Å². The molecule has 0 aliphatic rings. The lowest BCUT2D eigenvalue weighted by atomic mass is 9.97. The highest BCUT2D eigenvalue weighted by Gasteiger charge is 2.10. The maximum Gasteiger partial charge on any atom is 0.126 e. The molecule has 0 saturated heterocycles. The van der Waals surface area contributed by atoms with Crippen LogP contribution in [0.15, 0.2) is 60.7 Å². The van der Waals surface area contributed by atoms with Gasteiger partial charge in [-0.3, -0.25) is 10.7 Å². The average molecular weight is 339 g/mol. The largest absolute Gasteiger partial charge is 0.508 e. The molecular formula is C20H18FNO3. The number of halogens is 1. The molecule has 25 heavy (non-hydrogen) atoms. The Kier molecular flexibility index (Phi) is 4.86. The number of methoxy groups -OCH3 is 1. The van der Waals surface area contributed by atoms with Crippen molar-refractivity contribution in [3.05, 3.63) is 77.6 Å². The topological polar surface area (TPSA) is 61.7 Å². The van der Waals surface area contributed by atoms with Gasteiger partial charge in [0, 0.05) is 18.1 Å². The predicted molar refractivity (Wildman–Crippen MR) is 94.7 cm³/mol. The van der Waals surface area contributed by atoms with Gasteiger partial charge in [-0.2, -0.15) is 0 Å². The Morgan fingerprint density at radius 3 is 2.60 bits per heavy atom. The van der Waals surface area contributed by atoms with E-state index in [-0.39, 0.29) is 5.75 Å². The molecule has 3 aromatic rings. The summed E-state index contributed by atoms with van der Waals surface area (Å²) in [5.74, 6) is 0.163. The molecule has 0 fully saturated rings. The standard InChI is InChI=1S/C20H18FNO3/c1-25-20-8-5-13(9-15-6-7-16(21)12-19(15)23)10-18(20)14-3-2-4-17(11-14)22-24/h2-8,10-12,22-24H,9H2,1H3. The Balaban J connectivity index is 1.99. The number of aromatic hydroxyl groups is 1. The minimum Gasteiger partial charge on any atom is -0.508 e. The normalized spacial score (nSPS) is 10.5. The predicted octanol–water partition coefficient (Wildman–Crippen LogP) is 4.60. The van der Waals surface area contributed by atoms with Crippen LogP contribution in [0.2, 0.25) is 0 Å². The zero-order valence-corrected chi connectivity index (χ0v) is 13.7. The van der Waals surface area contributed by atoms with E-state index in [1.165, 1.54) is 6.07 Å². The summed E-state index contributed by atoms with van der Waals surface area (Å²) in [7, 11) is 1.60. The monoisotopic (exact) mass is 339 g/mol. The molecule has 3 rings (SSSR count). The van der Waals surface area contributed by atoms with Crippen LogP contribution in [-0.4, -0.2) is 17.4 Å². The van der Waals surface area contributed by atoms with E-state index in [0.717, 1.165) is 22.8 Å². The Labute approximate surface area is 145 Å². The van der Waals surface area contributed by atoms with Crippen LogP contribution in [0, 0.1) is 5.82 Å². The zero-order valence-electron chi connectivity index (χ0n) is 13.7. The van der Waals surface area contributed by atoms with Crippen molar-refractivity contribution in [3.8, 4) is 22.6 Å². The first kappa shape index (κ1) is 16.8. The molecule has 0 radical (unpaired) electrons. The molecule has 0 atom stereocenters. The maximum absolute atomic E-state index is 13.1. The minimum atomic E-state index is -0.468. The summed E-state index contributed by atoms with van der Waals surface area (Å²) < 4.78 is 18.6. The minimum absolute atomic E-state index is 0.0659. The Bertz CT molecular complexity index is 896. The molecule has 0 aromatic heterocycles. The van der Waals surface area contributed by atoms with Crippen molar-refractivity contribution in [2.45, 2.75) is 6.42 Å². The van der Waals surface area contributed by atoms with Gasteiger partial charge in [0.05, 0.1) is 12.8 Å². The number of nitrogens with one attached hydrogen (secondary N) is 1. The van der Waals surface area contributed by atoms with E-state index >= 15 is 0 Å². The van der Waals surface area contributed by atoms with E-state index < -0.39 is 5.82 Å². The van der Waals surface area contributed by atoms with Crippen molar-refractivity contribution in [3.63, 3.8) is 0 Å². The second-order valence-electron chi connectivity index (χ2n) is 5.68. The third-order valence-electron chi connectivity index (χ3n) is 4.01. The number of hydrogen-bond acceptors (Lipinski definition) is 4. The number of anilines is 1. The highest BCUT2D eigenvalue weighted by Crippen LogP contribution is 2.33. The lowest BCUT2D eigenvalue weighted by molar-refractivity contribution is 0.389. The van der Waals surface area contributed by atoms with Crippen molar-refractivity contribution in [2.75, 3.05) is 12.6 Å². The fourth-order valence-corrected chi connectivity index (χ4v) is 2.75. The average Bonchev–Trinajstić information content (AvgIpc) is 2.64. The summed E-state index contributed by atoms with van der Waals surface area (Å²) >= 11 is 0. The van der Waals surface area contributed by atoms with Gasteiger partial charge in [-0.05, 0) is 47.0 Å². The van der Waals surface area contributed by atoms with Crippen molar-refractivity contribution in [2.24, 2.45) is 0 Å². The van der Waals surface area contributed by atoms with Crippen LogP contribution in [0.1, 0.15) is 11.1 Å². The summed E-state index contributed by atoms with van der Waals surface area (Å²) in [4.78, 5) is 0. The van der Waals surface area contributed by atoms with E-state index in [0.29, 0.717) is 23.4 Å². The van der Waals surface area contributed by atoms with Crippen molar-refractivity contribution in [1.29, 1.82) is 0 Å². The third kappa shape index (κ3) is 3.72. The van der Waals surface area contributed by atoms with Gasteiger partial charge in [0.25, 0.3) is 0 Å². The lowest BCUT2D eigenvalue weighted by Gasteiger charge is -2.13. The first-order chi connectivity index (χ1) is 12.1. The molecule has 0 heterocycles. The summed E-state index contributed by atoms with van der Waals surface area (Å²) in [6.07, 6.45) is 0.459. The second-order valence-corrected chi connectivity index (χ2v) is 5.68. The van der Waals surface area contributed by atoms with Crippen LogP contribution < -0.4 is 10.2 Å². The van der Waals surface area contributed by atoms with Gasteiger partial charge in [-0.15, -0.1) is 0 Å². The second kappa shape index (κ2) is 7.23.